The second kappa shape index (κ2) is 9.95. The summed E-state index contributed by atoms with van der Waals surface area (Å²) in [5.74, 6) is -0.670. The van der Waals surface area contributed by atoms with Crippen molar-refractivity contribution in [1.29, 1.82) is 0 Å². The van der Waals surface area contributed by atoms with Gasteiger partial charge in [-0.2, -0.15) is 0 Å². The standard InChI is InChI=1S/C21H24N4O5/c22-18(14-30-13-15-5-2-1-3-6-15)21(27)24-12-4-7-19(24)20(26)23-16-8-10-17(11-9-16)25(28)29/h1-3,5-6,8-11,18-19H,4,7,12-14,22H2,(H,23,26)/t18-,19-/m0/s1. The lowest BCUT2D eigenvalue weighted by Crippen LogP contribution is -2.51. The van der Waals surface area contributed by atoms with Gasteiger partial charge in [0.25, 0.3) is 5.69 Å². The third-order valence-corrected chi connectivity index (χ3v) is 4.91. The van der Waals surface area contributed by atoms with Gasteiger partial charge in [-0.25, -0.2) is 0 Å². The van der Waals surface area contributed by atoms with Gasteiger partial charge in [0.2, 0.25) is 11.8 Å². The van der Waals surface area contributed by atoms with Crippen molar-refractivity contribution in [3.8, 4) is 0 Å². The lowest BCUT2D eigenvalue weighted by atomic mass is 10.1. The number of hydrogen-bond acceptors (Lipinski definition) is 6. The number of carbonyl (C=O) groups is 2. The molecule has 2 aromatic rings. The van der Waals surface area contributed by atoms with E-state index in [0.29, 0.717) is 31.7 Å². The van der Waals surface area contributed by atoms with E-state index in [4.69, 9.17) is 10.5 Å². The fourth-order valence-electron chi connectivity index (χ4n) is 3.36. The number of amides is 2. The van der Waals surface area contributed by atoms with E-state index in [2.05, 4.69) is 5.32 Å². The predicted molar refractivity (Wildman–Crippen MR) is 111 cm³/mol. The average Bonchev–Trinajstić information content (AvgIpc) is 3.24. The first-order valence-electron chi connectivity index (χ1n) is 9.69. The Morgan fingerprint density at radius 2 is 1.90 bits per heavy atom. The Morgan fingerprint density at radius 3 is 2.57 bits per heavy atom. The number of nitro benzene ring substituents is 1. The number of nitrogens with one attached hydrogen (secondary N) is 1. The van der Waals surface area contributed by atoms with E-state index < -0.39 is 17.0 Å². The highest BCUT2D eigenvalue weighted by molar-refractivity contribution is 5.98. The lowest BCUT2D eigenvalue weighted by molar-refractivity contribution is -0.384. The fraction of sp³-hybridized carbons (Fsp3) is 0.333. The SMILES string of the molecule is N[C@@H](COCc1ccccc1)C(=O)N1CCC[C@H]1C(=O)Nc1ccc([N+](=O)[O-])cc1. The summed E-state index contributed by atoms with van der Waals surface area (Å²) < 4.78 is 5.56. The van der Waals surface area contributed by atoms with E-state index >= 15 is 0 Å². The maximum atomic E-state index is 12.7. The molecule has 2 atom stereocenters. The Balaban J connectivity index is 1.53. The van der Waals surface area contributed by atoms with Crippen molar-refractivity contribution in [2.24, 2.45) is 5.73 Å². The van der Waals surface area contributed by atoms with E-state index in [9.17, 15) is 19.7 Å². The molecule has 0 bridgehead atoms. The van der Waals surface area contributed by atoms with Crippen molar-refractivity contribution in [3.05, 3.63) is 70.3 Å². The molecule has 0 saturated carbocycles. The van der Waals surface area contributed by atoms with Crippen LogP contribution >= 0.6 is 0 Å². The highest BCUT2D eigenvalue weighted by atomic mass is 16.6. The molecule has 1 heterocycles. The van der Waals surface area contributed by atoms with Crippen molar-refractivity contribution < 1.29 is 19.2 Å². The van der Waals surface area contributed by atoms with Crippen molar-refractivity contribution in [3.63, 3.8) is 0 Å². The van der Waals surface area contributed by atoms with Crippen molar-refractivity contribution in [1.82, 2.24) is 4.90 Å². The molecule has 0 spiro atoms. The second-order valence-electron chi connectivity index (χ2n) is 7.09. The number of nitrogens with two attached hydrogens (primary N) is 1. The summed E-state index contributed by atoms with van der Waals surface area (Å²) in [6.45, 7) is 0.858. The lowest BCUT2D eigenvalue weighted by Gasteiger charge is -2.26. The molecule has 1 saturated heterocycles. The van der Waals surface area contributed by atoms with Gasteiger partial charge in [-0.1, -0.05) is 30.3 Å². The fourth-order valence-corrected chi connectivity index (χ4v) is 3.36. The van der Waals surface area contributed by atoms with Crippen LogP contribution in [-0.2, 0) is 20.9 Å². The molecular formula is C21H24N4O5. The first-order valence-corrected chi connectivity index (χ1v) is 9.69. The van der Waals surface area contributed by atoms with Crippen LogP contribution in [0.15, 0.2) is 54.6 Å². The zero-order valence-corrected chi connectivity index (χ0v) is 16.4. The van der Waals surface area contributed by atoms with Gasteiger partial charge < -0.3 is 20.7 Å². The van der Waals surface area contributed by atoms with E-state index in [0.717, 1.165) is 5.56 Å². The number of rotatable bonds is 8. The molecule has 1 fully saturated rings. The molecule has 30 heavy (non-hydrogen) atoms. The number of non-ortho nitro benzene ring substituents is 1. The molecule has 0 radical (unpaired) electrons. The van der Waals surface area contributed by atoms with Gasteiger partial charge in [0.15, 0.2) is 0 Å². The molecule has 3 rings (SSSR count). The zero-order chi connectivity index (χ0) is 21.5. The minimum Gasteiger partial charge on any atom is -0.375 e. The van der Waals surface area contributed by atoms with Crippen LogP contribution in [-0.4, -0.2) is 46.9 Å². The smallest absolute Gasteiger partial charge is 0.269 e. The molecule has 0 aromatic heterocycles. The molecule has 1 aliphatic heterocycles. The molecule has 1 aliphatic rings. The van der Waals surface area contributed by atoms with Crippen LogP contribution in [0.1, 0.15) is 18.4 Å². The quantitative estimate of drug-likeness (QED) is 0.505. The van der Waals surface area contributed by atoms with Gasteiger partial charge in [-0.3, -0.25) is 19.7 Å². The number of hydrogen-bond donors (Lipinski definition) is 2. The van der Waals surface area contributed by atoms with Gasteiger partial charge in [-0.05, 0) is 30.5 Å². The number of ether oxygens (including phenoxy) is 1. The highest BCUT2D eigenvalue weighted by Crippen LogP contribution is 2.21. The Bertz CT molecular complexity index is 888. The van der Waals surface area contributed by atoms with E-state index in [1.165, 1.54) is 29.2 Å². The van der Waals surface area contributed by atoms with Crippen LogP contribution in [0, 0.1) is 10.1 Å². The Kier molecular flexibility index (Phi) is 7.10. The Labute approximate surface area is 174 Å². The first-order chi connectivity index (χ1) is 14.5. The minimum atomic E-state index is -0.860. The van der Waals surface area contributed by atoms with Crippen molar-refractivity contribution in [2.45, 2.75) is 31.5 Å². The summed E-state index contributed by atoms with van der Waals surface area (Å²) >= 11 is 0. The number of likely N-dealkylation sites (tertiary alicyclic amines) is 1. The monoisotopic (exact) mass is 412 g/mol. The summed E-state index contributed by atoms with van der Waals surface area (Å²) in [5.41, 5.74) is 7.36. The summed E-state index contributed by atoms with van der Waals surface area (Å²) in [5, 5.41) is 13.4. The molecule has 0 aliphatic carbocycles. The van der Waals surface area contributed by atoms with Crippen molar-refractivity contribution in [2.75, 3.05) is 18.5 Å². The number of carbonyl (C=O) groups excluding carboxylic acids is 2. The predicted octanol–water partition coefficient (Wildman–Crippen LogP) is 2.07. The van der Waals surface area contributed by atoms with Gasteiger partial charge in [0.05, 0.1) is 18.1 Å². The second-order valence-corrected chi connectivity index (χ2v) is 7.09. The van der Waals surface area contributed by atoms with Gasteiger partial charge >= 0.3 is 0 Å². The molecule has 9 nitrogen and oxygen atoms in total. The summed E-state index contributed by atoms with van der Waals surface area (Å²) in [7, 11) is 0. The number of anilines is 1. The average molecular weight is 412 g/mol. The minimum absolute atomic E-state index is 0.0565. The normalized spacial score (nSPS) is 16.8. The molecule has 3 N–H and O–H groups in total. The van der Waals surface area contributed by atoms with E-state index in [1.807, 2.05) is 30.3 Å². The van der Waals surface area contributed by atoms with Gasteiger partial charge in [-0.15, -0.1) is 0 Å². The largest absolute Gasteiger partial charge is 0.375 e. The molecule has 0 unspecified atom stereocenters. The molecular weight excluding hydrogens is 388 g/mol. The Morgan fingerprint density at radius 1 is 1.20 bits per heavy atom. The summed E-state index contributed by atoms with van der Waals surface area (Å²) in [6.07, 6.45) is 1.23. The molecule has 9 heteroatoms. The van der Waals surface area contributed by atoms with Crippen molar-refractivity contribution >= 4 is 23.2 Å². The summed E-state index contributed by atoms with van der Waals surface area (Å²) in [6, 6.07) is 13.6. The third-order valence-electron chi connectivity index (χ3n) is 4.91. The highest BCUT2D eigenvalue weighted by Gasteiger charge is 2.36. The van der Waals surface area contributed by atoms with Crippen LogP contribution < -0.4 is 11.1 Å². The molecule has 158 valence electrons. The number of nitro groups is 1. The van der Waals surface area contributed by atoms with Crippen LogP contribution in [0.4, 0.5) is 11.4 Å². The van der Waals surface area contributed by atoms with Gasteiger partial charge in [0, 0.05) is 24.4 Å². The molecule has 2 aromatic carbocycles. The van der Waals surface area contributed by atoms with Gasteiger partial charge in [0.1, 0.15) is 12.1 Å². The maximum absolute atomic E-state index is 12.7. The zero-order valence-electron chi connectivity index (χ0n) is 16.4. The first kappa shape index (κ1) is 21.4. The third kappa shape index (κ3) is 5.40. The maximum Gasteiger partial charge on any atom is 0.269 e. The van der Waals surface area contributed by atoms with E-state index in [-0.39, 0.29) is 24.1 Å². The van der Waals surface area contributed by atoms with Crippen LogP contribution in [0.5, 0.6) is 0 Å². The van der Waals surface area contributed by atoms with Crippen LogP contribution in [0.3, 0.4) is 0 Å². The van der Waals surface area contributed by atoms with Crippen LogP contribution in [0.2, 0.25) is 0 Å². The van der Waals surface area contributed by atoms with E-state index in [1.54, 1.807) is 0 Å². The Hall–Kier alpha value is -3.30. The molecule has 2 amide bonds. The number of nitrogens with zero attached hydrogens (tertiary/aromatic N) is 2. The number of benzene rings is 2. The summed E-state index contributed by atoms with van der Waals surface area (Å²) in [4.78, 5) is 37.1. The van der Waals surface area contributed by atoms with Crippen LogP contribution in [0.25, 0.3) is 0 Å². The topological polar surface area (TPSA) is 128 Å².